The molecule has 1 atom stereocenters. The summed E-state index contributed by atoms with van der Waals surface area (Å²) in [6.45, 7) is 0. The minimum atomic E-state index is -4.05. The number of aromatic nitrogens is 1. The SMILES string of the molecule is NC(=O)CC[C@@H](NS(=O)(=O)c1cncc(Br)c1)C(=O)O. The third kappa shape index (κ3) is 4.87. The molecule has 110 valence electrons. The summed E-state index contributed by atoms with van der Waals surface area (Å²) in [6, 6.07) is -0.158. The van der Waals surface area contributed by atoms with Gasteiger partial charge < -0.3 is 10.8 Å². The summed E-state index contributed by atoms with van der Waals surface area (Å²) in [4.78, 5) is 25.1. The highest BCUT2D eigenvalue weighted by atomic mass is 79.9. The third-order valence-electron chi connectivity index (χ3n) is 2.27. The molecule has 0 radical (unpaired) electrons. The van der Waals surface area contributed by atoms with Gasteiger partial charge in [-0.15, -0.1) is 0 Å². The minimum absolute atomic E-state index is 0.183. The zero-order valence-corrected chi connectivity index (χ0v) is 12.5. The maximum absolute atomic E-state index is 12.0. The summed E-state index contributed by atoms with van der Waals surface area (Å²) >= 11 is 3.07. The lowest BCUT2D eigenvalue weighted by atomic mass is 10.2. The van der Waals surface area contributed by atoms with Gasteiger partial charge >= 0.3 is 5.97 Å². The normalized spacial score (nSPS) is 12.8. The molecule has 10 heteroatoms. The lowest BCUT2D eigenvalue weighted by molar-refractivity contribution is -0.139. The van der Waals surface area contributed by atoms with E-state index in [2.05, 4.69) is 20.9 Å². The zero-order chi connectivity index (χ0) is 15.3. The predicted molar refractivity (Wildman–Crippen MR) is 72.1 cm³/mol. The summed E-state index contributed by atoms with van der Waals surface area (Å²) in [5, 5.41) is 8.95. The molecule has 1 amide bonds. The van der Waals surface area contributed by atoms with E-state index in [4.69, 9.17) is 10.8 Å². The Balaban J connectivity index is 2.91. The Morgan fingerprint density at radius 3 is 2.60 bits per heavy atom. The van der Waals surface area contributed by atoms with Crippen LogP contribution in [0.25, 0.3) is 0 Å². The van der Waals surface area contributed by atoms with Crippen LogP contribution in [0.15, 0.2) is 27.8 Å². The average Bonchev–Trinajstić information content (AvgIpc) is 2.34. The Hall–Kier alpha value is -1.52. The lowest BCUT2D eigenvalue weighted by Crippen LogP contribution is -2.41. The van der Waals surface area contributed by atoms with E-state index in [9.17, 15) is 18.0 Å². The molecule has 0 aliphatic carbocycles. The zero-order valence-electron chi connectivity index (χ0n) is 10.1. The molecule has 0 saturated carbocycles. The van der Waals surface area contributed by atoms with Crippen LogP contribution < -0.4 is 10.5 Å². The molecule has 1 aromatic heterocycles. The Kier molecular flexibility index (Phi) is 5.60. The van der Waals surface area contributed by atoms with E-state index in [0.29, 0.717) is 4.47 Å². The van der Waals surface area contributed by atoms with Gasteiger partial charge in [-0.3, -0.25) is 14.6 Å². The van der Waals surface area contributed by atoms with E-state index in [0.717, 1.165) is 6.20 Å². The molecule has 0 aliphatic rings. The number of hydrogen-bond donors (Lipinski definition) is 3. The smallest absolute Gasteiger partial charge is 0.321 e. The van der Waals surface area contributed by atoms with Crippen LogP contribution in [0.4, 0.5) is 0 Å². The molecule has 0 aliphatic heterocycles. The first-order valence-electron chi connectivity index (χ1n) is 5.36. The second-order valence-electron chi connectivity index (χ2n) is 3.86. The van der Waals surface area contributed by atoms with Crippen molar-refractivity contribution in [2.45, 2.75) is 23.8 Å². The van der Waals surface area contributed by atoms with Crippen molar-refractivity contribution >= 4 is 37.8 Å². The second kappa shape index (κ2) is 6.77. The maximum Gasteiger partial charge on any atom is 0.321 e. The summed E-state index contributed by atoms with van der Waals surface area (Å²) in [5.41, 5.74) is 4.91. The van der Waals surface area contributed by atoms with Crippen molar-refractivity contribution in [3.05, 3.63) is 22.9 Å². The minimum Gasteiger partial charge on any atom is -0.480 e. The van der Waals surface area contributed by atoms with Crippen molar-refractivity contribution in [3.8, 4) is 0 Å². The fourth-order valence-electron chi connectivity index (χ4n) is 1.31. The average molecular weight is 366 g/mol. The fourth-order valence-corrected chi connectivity index (χ4v) is 3.04. The van der Waals surface area contributed by atoms with E-state index < -0.39 is 27.9 Å². The Morgan fingerprint density at radius 2 is 2.10 bits per heavy atom. The number of nitrogens with two attached hydrogens (primary N) is 1. The van der Waals surface area contributed by atoms with Crippen LogP contribution in [0.5, 0.6) is 0 Å². The number of carbonyl (C=O) groups excluding carboxylic acids is 1. The number of nitrogens with zero attached hydrogens (tertiary/aromatic N) is 1. The molecule has 0 spiro atoms. The second-order valence-corrected chi connectivity index (χ2v) is 6.49. The number of carbonyl (C=O) groups is 2. The van der Waals surface area contributed by atoms with Gasteiger partial charge in [0.1, 0.15) is 10.9 Å². The highest BCUT2D eigenvalue weighted by Gasteiger charge is 2.26. The summed E-state index contributed by atoms with van der Waals surface area (Å²) in [5.74, 6) is -2.10. The van der Waals surface area contributed by atoms with Crippen LogP contribution in [0, 0.1) is 0 Å². The molecule has 0 aromatic carbocycles. The van der Waals surface area contributed by atoms with Gasteiger partial charge in [0.2, 0.25) is 15.9 Å². The van der Waals surface area contributed by atoms with E-state index in [1.54, 1.807) is 0 Å². The molecule has 1 heterocycles. The van der Waals surface area contributed by atoms with Crippen molar-refractivity contribution in [2.75, 3.05) is 0 Å². The number of aliphatic carboxylic acids is 1. The molecule has 1 aromatic rings. The van der Waals surface area contributed by atoms with Crippen molar-refractivity contribution in [3.63, 3.8) is 0 Å². The monoisotopic (exact) mass is 365 g/mol. The lowest BCUT2D eigenvalue weighted by Gasteiger charge is -2.14. The van der Waals surface area contributed by atoms with Crippen LogP contribution in [0.2, 0.25) is 0 Å². The van der Waals surface area contributed by atoms with Gasteiger partial charge in [0.05, 0.1) is 0 Å². The topological polar surface area (TPSA) is 139 Å². The molecule has 0 unspecified atom stereocenters. The molecular weight excluding hydrogens is 354 g/mol. The van der Waals surface area contributed by atoms with E-state index in [1.807, 2.05) is 4.72 Å². The van der Waals surface area contributed by atoms with Crippen LogP contribution in [-0.4, -0.2) is 36.4 Å². The van der Waals surface area contributed by atoms with Gasteiger partial charge in [-0.25, -0.2) is 8.42 Å². The van der Waals surface area contributed by atoms with Crippen molar-refractivity contribution < 1.29 is 23.1 Å². The first-order valence-corrected chi connectivity index (χ1v) is 7.64. The summed E-state index contributed by atoms with van der Waals surface area (Å²) in [7, 11) is -4.05. The van der Waals surface area contributed by atoms with Crippen LogP contribution >= 0.6 is 15.9 Å². The van der Waals surface area contributed by atoms with Gasteiger partial charge in [-0.05, 0) is 28.4 Å². The number of pyridine rings is 1. The number of carboxylic acid groups (broad SMARTS) is 1. The molecule has 0 fully saturated rings. The first-order chi connectivity index (χ1) is 9.22. The van der Waals surface area contributed by atoms with Gasteiger partial charge in [0.25, 0.3) is 0 Å². The molecule has 4 N–H and O–H groups in total. The number of hydrogen-bond acceptors (Lipinski definition) is 5. The fraction of sp³-hybridized carbons (Fsp3) is 0.300. The summed E-state index contributed by atoms with van der Waals surface area (Å²) < 4.78 is 26.4. The molecule has 0 saturated heterocycles. The highest BCUT2D eigenvalue weighted by molar-refractivity contribution is 9.10. The van der Waals surface area contributed by atoms with Crippen LogP contribution in [0.3, 0.4) is 0 Å². The molecular formula is C10H12BrN3O5S. The number of amides is 1. The van der Waals surface area contributed by atoms with Gasteiger partial charge in [-0.2, -0.15) is 4.72 Å². The number of primary amides is 1. The van der Waals surface area contributed by atoms with E-state index in [-0.39, 0.29) is 17.7 Å². The highest BCUT2D eigenvalue weighted by Crippen LogP contribution is 2.15. The third-order valence-corrected chi connectivity index (χ3v) is 4.14. The van der Waals surface area contributed by atoms with Crippen LogP contribution in [-0.2, 0) is 19.6 Å². The predicted octanol–water partition coefficient (Wildman–Crippen LogP) is -0.159. The molecule has 1 rings (SSSR count). The van der Waals surface area contributed by atoms with Crippen molar-refractivity contribution in [1.29, 1.82) is 0 Å². The largest absolute Gasteiger partial charge is 0.480 e. The number of nitrogens with one attached hydrogen (secondary N) is 1. The number of rotatable bonds is 7. The Labute approximate surface area is 123 Å². The van der Waals surface area contributed by atoms with Crippen LogP contribution in [0.1, 0.15) is 12.8 Å². The van der Waals surface area contributed by atoms with Gasteiger partial charge in [0.15, 0.2) is 0 Å². The molecule has 8 nitrogen and oxygen atoms in total. The molecule has 0 bridgehead atoms. The van der Waals surface area contributed by atoms with E-state index >= 15 is 0 Å². The number of sulfonamides is 1. The quantitative estimate of drug-likeness (QED) is 0.613. The molecule has 20 heavy (non-hydrogen) atoms. The Morgan fingerprint density at radius 1 is 1.45 bits per heavy atom. The standard InChI is InChI=1S/C10H12BrN3O5S/c11-6-3-7(5-13-4-6)20(18,19)14-8(10(16)17)1-2-9(12)15/h3-5,8,14H,1-2H2,(H2,12,15)(H,16,17)/t8-/m1/s1. The maximum atomic E-state index is 12.0. The first kappa shape index (κ1) is 16.5. The number of halogens is 1. The van der Waals surface area contributed by atoms with Crippen molar-refractivity contribution in [2.24, 2.45) is 5.73 Å². The van der Waals surface area contributed by atoms with Gasteiger partial charge in [-0.1, -0.05) is 0 Å². The van der Waals surface area contributed by atoms with Gasteiger partial charge in [0, 0.05) is 23.3 Å². The number of carboxylic acids is 1. The summed E-state index contributed by atoms with van der Waals surface area (Å²) in [6.07, 6.45) is 2.00. The van der Waals surface area contributed by atoms with E-state index in [1.165, 1.54) is 12.3 Å². The Bertz CT molecular complexity index is 619. The van der Waals surface area contributed by atoms with Crippen molar-refractivity contribution in [1.82, 2.24) is 9.71 Å².